The molecule has 0 aromatic rings. The van der Waals surface area contributed by atoms with Crippen LogP contribution in [0.2, 0.25) is 0 Å². The van der Waals surface area contributed by atoms with Crippen LogP contribution in [0.25, 0.3) is 0 Å². The lowest BCUT2D eigenvalue weighted by molar-refractivity contribution is 0.158. The molecule has 3 heteroatoms. The quantitative estimate of drug-likeness (QED) is 0.785. The number of piperidine rings is 1. The summed E-state index contributed by atoms with van der Waals surface area (Å²) in [6, 6.07) is 3.23. The zero-order valence-corrected chi connectivity index (χ0v) is 11.9. The third-order valence-corrected chi connectivity index (χ3v) is 4.23. The number of likely N-dealkylation sites (tertiary alicyclic amines) is 1. The molecule has 1 aliphatic heterocycles. The maximum atomic E-state index is 9.05. The zero-order valence-electron chi connectivity index (χ0n) is 11.9. The standard InChI is InChI=1S/C15H27N3/c1-15(2,12-16)7-9-18-8-3-4-13(11-18)10-17-14-5-6-14/h13-14,17H,3-11H2,1-2H3. The summed E-state index contributed by atoms with van der Waals surface area (Å²) < 4.78 is 0. The van der Waals surface area contributed by atoms with E-state index in [9.17, 15) is 0 Å². The Bertz CT molecular complexity index is 301. The third kappa shape index (κ3) is 4.59. The van der Waals surface area contributed by atoms with Crippen molar-refractivity contribution < 1.29 is 0 Å². The van der Waals surface area contributed by atoms with Gasteiger partial charge in [0.1, 0.15) is 0 Å². The van der Waals surface area contributed by atoms with Crippen molar-refractivity contribution in [3.8, 4) is 6.07 Å². The van der Waals surface area contributed by atoms with Gasteiger partial charge in [0.2, 0.25) is 0 Å². The Kier molecular flexibility index (Phi) is 4.64. The topological polar surface area (TPSA) is 39.1 Å². The summed E-state index contributed by atoms with van der Waals surface area (Å²) >= 11 is 0. The molecule has 1 heterocycles. The number of rotatable bonds is 6. The Labute approximate surface area is 112 Å². The second kappa shape index (κ2) is 6.04. The molecule has 3 nitrogen and oxygen atoms in total. The van der Waals surface area contributed by atoms with E-state index in [1.54, 1.807) is 0 Å². The monoisotopic (exact) mass is 249 g/mol. The van der Waals surface area contributed by atoms with E-state index in [4.69, 9.17) is 5.26 Å². The molecule has 2 aliphatic rings. The highest BCUT2D eigenvalue weighted by Crippen LogP contribution is 2.23. The molecule has 1 saturated heterocycles. The summed E-state index contributed by atoms with van der Waals surface area (Å²) in [7, 11) is 0. The van der Waals surface area contributed by atoms with Crippen LogP contribution in [0.4, 0.5) is 0 Å². The molecule has 0 radical (unpaired) electrons. The maximum absolute atomic E-state index is 9.05. The predicted octanol–water partition coefficient (Wildman–Crippen LogP) is 2.39. The van der Waals surface area contributed by atoms with Gasteiger partial charge in [-0.15, -0.1) is 0 Å². The highest BCUT2D eigenvalue weighted by atomic mass is 15.1. The maximum Gasteiger partial charge on any atom is 0.0684 e. The minimum Gasteiger partial charge on any atom is -0.314 e. The van der Waals surface area contributed by atoms with Gasteiger partial charge < -0.3 is 10.2 Å². The first-order valence-electron chi connectivity index (χ1n) is 7.46. The molecule has 0 aromatic carbocycles. The van der Waals surface area contributed by atoms with Gasteiger partial charge >= 0.3 is 0 Å². The van der Waals surface area contributed by atoms with Gasteiger partial charge in [-0.1, -0.05) is 0 Å². The Balaban J connectivity index is 1.67. The van der Waals surface area contributed by atoms with Crippen LogP contribution in [-0.4, -0.2) is 37.1 Å². The molecule has 1 aliphatic carbocycles. The summed E-state index contributed by atoms with van der Waals surface area (Å²) in [5.74, 6) is 0.824. The molecule has 1 saturated carbocycles. The molecule has 1 N–H and O–H groups in total. The van der Waals surface area contributed by atoms with Gasteiger partial charge in [-0.3, -0.25) is 0 Å². The first-order valence-corrected chi connectivity index (χ1v) is 7.46. The third-order valence-electron chi connectivity index (χ3n) is 4.23. The molecule has 1 unspecified atom stereocenters. The van der Waals surface area contributed by atoms with E-state index in [-0.39, 0.29) is 5.41 Å². The molecule has 0 aromatic heterocycles. The van der Waals surface area contributed by atoms with Crippen molar-refractivity contribution in [3.63, 3.8) is 0 Å². The fourth-order valence-electron chi connectivity index (χ4n) is 2.64. The Morgan fingerprint density at radius 2 is 2.11 bits per heavy atom. The largest absolute Gasteiger partial charge is 0.314 e. The van der Waals surface area contributed by atoms with Gasteiger partial charge in [0.25, 0.3) is 0 Å². The summed E-state index contributed by atoms with van der Waals surface area (Å²) in [5, 5.41) is 12.7. The number of hydrogen-bond donors (Lipinski definition) is 1. The van der Waals surface area contributed by atoms with Crippen LogP contribution >= 0.6 is 0 Å². The van der Waals surface area contributed by atoms with Crippen LogP contribution < -0.4 is 5.32 Å². The van der Waals surface area contributed by atoms with Crippen molar-refractivity contribution in [1.82, 2.24) is 10.2 Å². The molecule has 1 atom stereocenters. The van der Waals surface area contributed by atoms with E-state index in [1.807, 2.05) is 13.8 Å². The Morgan fingerprint density at radius 1 is 1.33 bits per heavy atom. The molecule has 18 heavy (non-hydrogen) atoms. The van der Waals surface area contributed by atoms with Gasteiger partial charge in [-0.25, -0.2) is 0 Å². The van der Waals surface area contributed by atoms with Crippen LogP contribution in [0.5, 0.6) is 0 Å². The molecule has 0 bridgehead atoms. The summed E-state index contributed by atoms with van der Waals surface area (Å²) in [4.78, 5) is 2.56. The highest BCUT2D eigenvalue weighted by molar-refractivity contribution is 4.92. The number of hydrogen-bond acceptors (Lipinski definition) is 3. The van der Waals surface area contributed by atoms with Gasteiger partial charge in [0, 0.05) is 12.6 Å². The molecular weight excluding hydrogens is 222 g/mol. The lowest BCUT2D eigenvalue weighted by atomic mass is 9.90. The van der Waals surface area contributed by atoms with E-state index in [2.05, 4.69) is 16.3 Å². The zero-order chi connectivity index (χ0) is 13.0. The van der Waals surface area contributed by atoms with Crippen LogP contribution in [0, 0.1) is 22.7 Å². The van der Waals surface area contributed by atoms with Crippen LogP contribution in [0.1, 0.15) is 46.0 Å². The van der Waals surface area contributed by atoms with Crippen LogP contribution in [0.15, 0.2) is 0 Å². The van der Waals surface area contributed by atoms with Crippen molar-refractivity contribution in [2.75, 3.05) is 26.2 Å². The lowest BCUT2D eigenvalue weighted by Gasteiger charge is -2.34. The Morgan fingerprint density at radius 3 is 2.78 bits per heavy atom. The SMILES string of the molecule is CC(C)(C#N)CCN1CCCC(CNC2CC2)C1. The first-order chi connectivity index (χ1) is 8.59. The van der Waals surface area contributed by atoms with Crippen LogP contribution in [-0.2, 0) is 0 Å². The lowest BCUT2D eigenvalue weighted by Crippen LogP contribution is -2.41. The Hall–Kier alpha value is -0.590. The molecule has 102 valence electrons. The summed E-state index contributed by atoms with van der Waals surface area (Å²) in [6.45, 7) is 8.82. The number of nitriles is 1. The minimum atomic E-state index is -0.167. The van der Waals surface area contributed by atoms with E-state index < -0.39 is 0 Å². The van der Waals surface area contributed by atoms with Gasteiger partial charge in [-0.05, 0) is 71.5 Å². The molecule has 2 fully saturated rings. The van der Waals surface area contributed by atoms with Crippen molar-refractivity contribution in [3.05, 3.63) is 0 Å². The van der Waals surface area contributed by atoms with Gasteiger partial charge in [0.15, 0.2) is 0 Å². The fraction of sp³-hybridized carbons (Fsp3) is 0.933. The van der Waals surface area contributed by atoms with E-state index in [0.717, 1.165) is 24.9 Å². The normalized spacial score (nSPS) is 25.9. The first kappa shape index (κ1) is 13.8. The van der Waals surface area contributed by atoms with E-state index in [1.165, 1.54) is 45.3 Å². The summed E-state index contributed by atoms with van der Waals surface area (Å²) in [5.41, 5.74) is -0.167. The van der Waals surface area contributed by atoms with E-state index in [0.29, 0.717) is 0 Å². The molecule has 2 rings (SSSR count). The average Bonchev–Trinajstić information content (AvgIpc) is 3.19. The fourth-order valence-corrected chi connectivity index (χ4v) is 2.64. The van der Waals surface area contributed by atoms with Crippen molar-refractivity contribution in [2.45, 2.75) is 52.0 Å². The van der Waals surface area contributed by atoms with Gasteiger partial charge in [-0.2, -0.15) is 5.26 Å². The second-order valence-electron chi connectivity index (χ2n) is 6.74. The van der Waals surface area contributed by atoms with E-state index >= 15 is 0 Å². The highest BCUT2D eigenvalue weighted by Gasteiger charge is 2.25. The summed E-state index contributed by atoms with van der Waals surface area (Å²) in [6.07, 6.45) is 6.45. The predicted molar refractivity (Wildman–Crippen MR) is 74.2 cm³/mol. The van der Waals surface area contributed by atoms with Crippen molar-refractivity contribution in [1.29, 1.82) is 5.26 Å². The van der Waals surface area contributed by atoms with Crippen molar-refractivity contribution >= 4 is 0 Å². The molecule has 0 spiro atoms. The van der Waals surface area contributed by atoms with Crippen molar-refractivity contribution in [2.24, 2.45) is 11.3 Å². The van der Waals surface area contributed by atoms with Crippen LogP contribution in [0.3, 0.4) is 0 Å². The second-order valence-corrected chi connectivity index (χ2v) is 6.74. The molecule has 0 amide bonds. The average molecular weight is 249 g/mol. The molecular formula is C15H27N3. The number of nitrogens with one attached hydrogen (secondary N) is 1. The minimum absolute atomic E-state index is 0.167. The van der Waals surface area contributed by atoms with Gasteiger partial charge in [0.05, 0.1) is 11.5 Å². The number of nitrogens with zero attached hydrogens (tertiary/aromatic N) is 2. The smallest absolute Gasteiger partial charge is 0.0684 e.